The van der Waals surface area contributed by atoms with Crippen molar-refractivity contribution >= 4 is 28.6 Å². The average Bonchev–Trinajstić information content (AvgIpc) is 3.31. The minimum Gasteiger partial charge on any atom is -0.394 e. The van der Waals surface area contributed by atoms with Crippen molar-refractivity contribution in [1.29, 1.82) is 0 Å². The predicted octanol–water partition coefficient (Wildman–Crippen LogP) is 4.80. The van der Waals surface area contributed by atoms with E-state index in [0.717, 1.165) is 9.56 Å². The van der Waals surface area contributed by atoms with Crippen molar-refractivity contribution in [3.05, 3.63) is 63.8 Å². The smallest absolute Gasteiger partial charge is 0.290 e. The minimum atomic E-state index is -0.794. The highest BCUT2D eigenvalue weighted by atomic mass is 32.1. The van der Waals surface area contributed by atoms with Gasteiger partial charge >= 0.3 is 0 Å². The van der Waals surface area contributed by atoms with E-state index in [1.165, 1.54) is 49.0 Å². The number of carbonyl (C=O) groups is 1. The third kappa shape index (κ3) is 4.31. The highest BCUT2D eigenvalue weighted by Crippen LogP contribution is 2.33. The van der Waals surface area contributed by atoms with Gasteiger partial charge in [0.15, 0.2) is 0 Å². The van der Waals surface area contributed by atoms with Crippen LogP contribution in [0.5, 0.6) is 0 Å². The van der Waals surface area contributed by atoms with E-state index in [0.29, 0.717) is 17.3 Å². The van der Waals surface area contributed by atoms with Crippen LogP contribution >= 0.6 is 11.3 Å². The molecule has 1 aliphatic rings. The van der Waals surface area contributed by atoms with Crippen LogP contribution < -0.4 is 16.6 Å². The fourth-order valence-electron chi connectivity index (χ4n) is 3.97. The second-order valence-corrected chi connectivity index (χ2v) is 8.78. The van der Waals surface area contributed by atoms with Crippen molar-refractivity contribution < 1.29 is 4.79 Å². The Hall–Kier alpha value is -2.93. The van der Waals surface area contributed by atoms with Crippen LogP contribution in [0.2, 0.25) is 0 Å². The lowest BCUT2D eigenvalue weighted by Gasteiger charge is -2.22. The monoisotopic (exact) mass is 422 g/mol. The summed E-state index contributed by atoms with van der Waals surface area (Å²) >= 11 is 1.50. The fourth-order valence-corrected chi connectivity index (χ4v) is 4.65. The molecule has 0 aliphatic heterocycles. The van der Waals surface area contributed by atoms with Gasteiger partial charge in [-0.25, -0.2) is 4.68 Å². The van der Waals surface area contributed by atoms with Crippen molar-refractivity contribution in [2.75, 3.05) is 11.1 Å². The number of nitrogens with one attached hydrogen (secondary N) is 1. The number of rotatable bonds is 5. The lowest BCUT2D eigenvalue weighted by molar-refractivity contribution is -0.119. The molecule has 0 radical (unpaired) electrons. The second-order valence-electron chi connectivity index (χ2n) is 7.83. The van der Waals surface area contributed by atoms with Gasteiger partial charge in [-0.1, -0.05) is 37.5 Å². The zero-order chi connectivity index (χ0) is 21.1. The van der Waals surface area contributed by atoms with Crippen LogP contribution in [0.3, 0.4) is 0 Å². The lowest BCUT2D eigenvalue weighted by Crippen LogP contribution is -2.34. The molecule has 0 saturated heterocycles. The van der Waals surface area contributed by atoms with E-state index in [1.807, 2.05) is 29.6 Å². The van der Waals surface area contributed by atoms with Crippen LogP contribution in [0.25, 0.3) is 10.6 Å². The van der Waals surface area contributed by atoms with Crippen molar-refractivity contribution in [1.82, 2.24) is 9.78 Å². The lowest BCUT2D eigenvalue weighted by atomic mass is 9.84. The second kappa shape index (κ2) is 8.83. The fraction of sp³-hybridized carbons (Fsp3) is 0.348. The van der Waals surface area contributed by atoms with Gasteiger partial charge in [0.1, 0.15) is 17.4 Å². The number of aromatic nitrogens is 2. The molecule has 1 atom stereocenters. The Balaban J connectivity index is 1.50. The summed E-state index contributed by atoms with van der Waals surface area (Å²) in [5.74, 6) is 0.311. The summed E-state index contributed by atoms with van der Waals surface area (Å²) in [5, 5.41) is 9.21. The van der Waals surface area contributed by atoms with Crippen LogP contribution in [0, 0.1) is 0 Å². The molecule has 1 amide bonds. The van der Waals surface area contributed by atoms with Gasteiger partial charge in [-0.2, -0.15) is 5.10 Å². The molecule has 3 aromatic rings. The minimum absolute atomic E-state index is 0.0740. The maximum absolute atomic E-state index is 12.8. The van der Waals surface area contributed by atoms with E-state index >= 15 is 0 Å². The molecule has 30 heavy (non-hydrogen) atoms. The average molecular weight is 423 g/mol. The van der Waals surface area contributed by atoms with Crippen LogP contribution in [0.4, 0.5) is 11.4 Å². The topological polar surface area (TPSA) is 90.0 Å². The summed E-state index contributed by atoms with van der Waals surface area (Å²) < 4.78 is 1.16. The van der Waals surface area contributed by atoms with Gasteiger partial charge < -0.3 is 11.1 Å². The van der Waals surface area contributed by atoms with E-state index in [1.54, 1.807) is 13.0 Å². The Morgan fingerprint density at radius 1 is 1.20 bits per heavy atom. The van der Waals surface area contributed by atoms with Gasteiger partial charge in [-0.05, 0) is 60.9 Å². The number of nitrogens with two attached hydrogens (primary N) is 1. The van der Waals surface area contributed by atoms with Crippen molar-refractivity contribution in [3.63, 3.8) is 0 Å². The van der Waals surface area contributed by atoms with Crippen molar-refractivity contribution in [3.8, 4) is 10.6 Å². The highest BCUT2D eigenvalue weighted by Gasteiger charge is 2.21. The molecule has 0 spiro atoms. The third-order valence-corrected chi connectivity index (χ3v) is 6.63. The van der Waals surface area contributed by atoms with Gasteiger partial charge in [-0.15, -0.1) is 11.3 Å². The predicted molar refractivity (Wildman–Crippen MR) is 122 cm³/mol. The molecular formula is C23H26N4O2S. The number of anilines is 2. The first-order valence-electron chi connectivity index (χ1n) is 10.4. The van der Waals surface area contributed by atoms with Crippen LogP contribution in [-0.2, 0) is 4.79 Å². The maximum atomic E-state index is 12.8. The molecule has 7 heteroatoms. The number of hydrogen-bond donors (Lipinski definition) is 2. The van der Waals surface area contributed by atoms with Gasteiger partial charge in [0, 0.05) is 5.69 Å². The molecule has 4 rings (SSSR count). The van der Waals surface area contributed by atoms with Gasteiger partial charge in [0.2, 0.25) is 5.91 Å². The molecule has 6 nitrogen and oxygen atoms in total. The third-order valence-electron chi connectivity index (χ3n) is 5.74. The first-order chi connectivity index (χ1) is 14.5. The largest absolute Gasteiger partial charge is 0.394 e. The zero-order valence-electron chi connectivity index (χ0n) is 17.0. The number of benzene rings is 1. The summed E-state index contributed by atoms with van der Waals surface area (Å²) in [6, 6.07) is 12.6. The standard InChI is InChI=1S/C23H26N4O2S/c1-15(27-23(29)19(24)14-20(26-27)21-8-5-13-30-21)22(28)25-18-11-9-17(10-12-18)16-6-3-2-4-7-16/h5,8-16H,2-4,6-7,24H2,1H3,(H,25,28). The molecular weight excluding hydrogens is 396 g/mol. The van der Waals surface area contributed by atoms with E-state index in [-0.39, 0.29) is 11.6 Å². The van der Waals surface area contributed by atoms with Crippen LogP contribution in [0.1, 0.15) is 56.6 Å². The Kier molecular flexibility index (Phi) is 5.99. The Bertz CT molecular complexity index is 1070. The number of amides is 1. The Morgan fingerprint density at radius 3 is 2.60 bits per heavy atom. The highest BCUT2D eigenvalue weighted by molar-refractivity contribution is 7.13. The molecule has 1 fully saturated rings. The number of carbonyl (C=O) groups excluding carboxylic acids is 1. The normalized spacial score (nSPS) is 15.6. The van der Waals surface area contributed by atoms with Crippen LogP contribution in [-0.4, -0.2) is 15.7 Å². The molecule has 0 bridgehead atoms. The summed E-state index contributed by atoms with van der Waals surface area (Å²) in [6.07, 6.45) is 6.37. The molecule has 1 aromatic carbocycles. The Morgan fingerprint density at radius 2 is 1.93 bits per heavy atom. The van der Waals surface area contributed by atoms with E-state index in [9.17, 15) is 9.59 Å². The molecule has 3 N–H and O–H groups in total. The summed E-state index contributed by atoms with van der Waals surface area (Å²) in [7, 11) is 0. The van der Waals surface area contributed by atoms with Crippen molar-refractivity contribution in [2.45, 2.75) is 51.0 Å². The SMILES string of the molecule is CC(C(=O)Nc1ccc(C2CCCCC2)cc1)n1nc(-c2cccs2)cc(N)c1=O. The molecule has 1 unspecified atom stereocenters. The first-order valence-corrected chi connectivity index (χ1v) is 11.2. The van der Waals surface area contributed by atoms with E-state index in [4.69, 9.17) is 5.73 Å². The van der Waals surface area contributed by atoms with Gasteiger partial charge in [-0.3, -0.25) is 9.59 Å². The zero-order valence-corrected chi connectivity index (χ0v) is 17.8. The molecule has 1 aliphatic carbocycles. The number of nitrogen functional groups attached to an aromatic ring is 1. The molecule has 156 valence electrons. The molecule has 1 saturated carbocycles. The van der Waals surface area contributed by atoms with E-state index < -0.39 is 11.6 Å². The number of hydrogen-bond acceptors (Lipinski definition) is 5. The van der Waals surface area contributed by atoms with Crippen molar-refractivity contribution in [2.24, 2.45) is 0 Å². The van der Waals surface area contributed by atoms with E-state index in [2.05, 4.69) is 22.5 Å². The Labute approximate surface area is 179 Å². The first kappa shape index (κ1) is 20.3. The number of nitrogens with zero attached hydrogens (tertiary/aromatic N) is 2. The quantitative estimate of drug-likeness (QED) is 0.618. The summed E-state index contributed by atoms with van der Waals surface area (Å²) in [5.41, 5.74) is 8.13. The molecule has 2 aromatic heterocycles. The molecule has 2 heterocycles. The van der Waals surface area contributed by atoms with Crippen LogP contribution in [0.15, 0.2) is 52.6 Å². The number of thiophene rings is 1. The van der Waals surface area contributed by atoms with Gasteiger partial charge in [0.05, 0.1) is 4.88 Å². The van der Waals surface area contributed by atoms with Gasteiger partial charge in [0.25, 0.3) is 5.56 Å². The maximum Gasteiger partial charge on any atom is 0.290 e. The summed E-state index contributed by atoms with van der Waals surface area (Å²) in [6.45, 7) is 1.65. The summed E-state index contributed by atoms with van der Waals surface area (Å²) in [4.78, 5) is 26.2.